The largest absolute Gasteiger partial charge is 0.493 e. The van der Waals surface area contributed by atoms with Gasteiger partial charge in [-0.1, -0.05) is 36.4 Å². The monoisotopic (exact) mass is 412 g/mol. The molecule has 29 heavy (non-hydrogen) atoms. The summed E-state index contributed by atoms with van der Waals surface area (Å²) in [5.74, 6) is 0.810. The number of esters is 1. The maximum atomic E-state index is 12.3. The van der Waals surface area contributed by atoms with E-state index in [-0.39, 0.29) is 0 Å². The van der Waals surface area contributed by atoms with Crippen LogP contribution >= 0.6 is 12.2 Å². The van der Waals surface area contributed by atoms with Gasteiger partial charge >= 0.3 is 5.97 Å². The predicted octanol–water partition coefficient (Wildman–Crippen LogP) is 3.28. The first-order valence-electron chi connectivity index (χ1n) is 9.24. The number of hydrogen-bond acceptors (Lipinski definition) is 5. The number of hydrogen-bond donors (Lipinski definition) is 2. The van der Waals surface area contributed by atoms with E-state index in [2.05, 4.69) is 22.8 Å². The number of nitrogens with one attached hydrogen (secondary N) is 2. The van der Waals surface area contributed by atoms with E-state index in [0.29, 0.717) is 34.5 Å². The smallest absolute Gasteiger partial charge is 0.337 e. The van der Waals surface area contributed by atoms with Gasteiger partial charge in [-0.05, 0) is 42.4 Å². The Morgan fingerprint density at radius 1 is 1.10 bits per heavy atom. The first-order chi connectivity index (χ1) is 14.0. The van der Waals surface area contributed by atoms with E-state index in [0.717, 1.165) is 12.0 Å². The van der Waals surface area contributed by atoms with Gasteiger partial charge in [-0.3, -0.25) is 0 Å². The molecule has 0 bridgehead atoms. The molecule has 1 atom stereocenters. The Labute approximate surface area is 175 Å². The molecule has 2 aromatic carbocycles. The molecule has 3 rings (SSSR count). The van der Waals surface area contributed by atoms with Crippen molar-refractivity contribution in [2.75, 3.05) is 20.8 Å². The highest BCUT2D eigenvalue weighted by molar-refractivity contribution is 7.80. The molecular weight excluding hydrogens is 388 g/mol. The van der Waals surface area contributed by atoms with Crippen molar-refractivity contribution in [1.29, 1.82) is 0 Å². The average Bonchev–Trinajstić information content (AvgIpc) is 2.73. The van der Waals surface area contributed by atoms with Crippen LogP contribution in [0.4, 0.5) is 0 Å². The van der Waals surface area contributed by atoms with Crippen LogP contribution in [-0.4, -0.2) is 31.9 Å². The minimum atomic E-state index is -0.441. The minimum Gasteiger partial charge on any atom is -0.493 e. The molecule has 0 aliphatic carbocycles. The zero-order valence-corrected chi connectivity index (χ0v) is 17.5. The molecule has 1 aliphatic rings. The van der Waals surface area contributed by atoms with Gasteiger partial charge in [-0.25, -0.2) is 4.79 Å². The number of ether oxygens (including phenoxy) is 3. The van der Waals surface area contributed by atoms with Gasteiger partial charge in [0, 0.05) is 12.1 Å². The first kappa shape index (κ1) is 20.7. The van der Waals surface area contributed by atoms with E-state index >= 15 is 0 Å². The Hall–Kier alpha value is -3.06. The van der Waals surface area contributed by atoms with Crippen LogP contribution in [0.25, 0.3) is 0 Å². The van der Waals surface area contributed by atoms with Gasteiger partial charge in [0.25, 0.3) is 0 Å². The van der Waals surface area contributed by atoms with E-state index in [4.69, 9.17) is 26.4 Å². The van der Waals surface area contributed by atoms with Crippen LogP contribution in [0.1, 0.15) is 24.1 Å². The zero-order valence-electron chi connectivity index (χ0n) is 16.7. The molecule has 0 saturated heterocycles. The van der Waals surface area contributed by atoms with Crippen molar-refractivity contribution >= 4 is 23.3 Å². The van der Waals surface area contributed by atoms with Crippen LogP contribution in [0.3, 0.4) is 0 Å². The lowest BCUT2D eigenvalue weighted by molar-refractivity contribution is -0.136. The van der Waals surface area contributed by atoms with Gasteiger partial charge in [-0.15, -0.1) is 0 Å². The summed E-state index contributed by atoms with van der Waals surface area (Å²) in [6, 6.07) is 15.3. The van der Waals surface area contributed by atoms with Crippen LogP contribution in [0.15, 0.2) is 59.8 Å². The molecule has 0 spiro atoms. The first-order valence-corrected chi connectivity index (χ1v) is 9.65. The summed E-state index contributed by atoms with van der Waals surface area (Å²) in [7, 11) is 2.95. The summed E-state index contributed by atoms with van der Waals surface area (Å²) in [5, 5.41) is 6.55. The standard InChI is InChI=1S/C22H24N2O4S/c1-14-19(21(25)27-3)20(24-22(29)23-14)16-9-10-17(18(13-16)26-2)28-12-11-15-7-5-4-6-8-15/h4-10,13,20H,11-12H2,1-3H3,(H2,23,24,29). The van der Waals surface area contributed by atoms with Crippen molar-refractivity contribution < 1.29 is 19.0 Å². The van der Waals surface area contributed by atoms with Crippen LogP contribution in [-0.2, 0) is 16.0 Å². The average molecular weight is 413 g/mol. The van der Waals surface area contributed by atoms with E-state index in [1.54, 1.807) is 14.0 Å². The maximum absolute atomic E-state index is 12.3. The Kier molecular flexibility index (Phi) is 6.72. The molecule has 0 radical (unpaired) electrons. The molecule has 0 fully saturated rings. The second kappa shape index (κ2) is 9.43. The van der Waals surface area contributed by atoms with Crippen molar-refractivity contribution in [3.63, 3.8) is 0 Å². The van der Waals surface area contributed by atoms with Crippen LogP contribution in [0.5, 0.6) is 11.5 Å². The zero-order chi connectivity index (χ0) is 20.8. The fraction of sp³-hybridized carbons (Fsp3) is 0.273. The van der Waals surface area contributed by atoms with E-state index in [1.807, 2.05) is 36.4 Å². The van der Waals surface area contributed by atoms with Crippen LogP contribution < -0.4 is 20.1 Å². The highest BCUT2D eigenvalue weighted by atomic mass is 32.1. The van der Waals surface area contributed by atoms with Gasteiger partial charge in [0.15, 0.2) is 16.6 Å². The molecule has 0 aromatic heterocycles. The summed E-state index contributed by atoms with van der Waals surface area (Å²) < 4.78 is 16.4. The molecule has 0 amide bonds. The normalized spacial score (nSPS) is 16.0. The Bertz CT molecular complexity index is 928. The lowest BCUT2D eigenvalue weighted by Crippen LogP contribution is -2.45. The molecule has 2 N–H and O–H groups in total. The van der Waals surface area contributed by atoms with E-state index in [1.165, 1.54) is 12.7 Å². The van der Waals surface area contributed by atoms with Crippen molar-refractivity contribution in [3.8, 4) is 11.5 Å². The number of thiocarbonyl (C=S) groups is 1. The highest BCUT2D eigenvalue weighted by Gasteiger charge is 2.31. The van der Waals surface area contributed by atoms with Crippen LogP contribution in [0.2, 0.25) is 0 Å². The molecule has 1 aliphatic heterocycles. The summed E-state index contributed by atoms with van der Waals surface area (Å²) in [5.41, 5.74) is 3.16. The van der Waals surface area contributed by atoms with Crippen molar-refractivity contribution in [2.45, 2.75) is 19.4 Å². The fourth-order valence-corrected chi connectivity index (χ4v) is 3.50. The summed E-state index contributed by atoms with van der Waals surface area (Å²) in [6.07, 6.45) is 0.796. The SMILES string of the molecule is COC(=O)C1=C(C)NC(=S)NC1c1ccc(OCCc2ccccc2)c(OC)c1. The van der Waals surface area contributed by atoms with Crippen molar-refractivity contribution in [2.24, 2.45) is 0 Å². The second-order valence-corrected chi connectivity index (χ2v) is 6.96. The van der Waals surface area contributed by atoms with Gasteiger partial charge in [0.05, 0.1) is 32.4 Å². The second-order valence-electron chi connectivity index (χ2n) is 6.56. The molecule has 6 nitrogen and oxygen atoms in total. The lowest BCUT2D eigenvalue weighted by atomic mass is 9.95. The van der Waals surface area contributed by atoms with Gasteiger partial charge < -0.3 is 24.8 Å². The maximum Gasteiger partial charge on any atom is 0.337 e. The summed E-state index contributed by atoms with van der Waals surface area (Å²) in [6.45, 7) is 2.33. The fourth-order valence-electron chi connectivity index (χ4n) is 3.23. The van der Waals surface area contributed by atoms with Gasteiger partial charge in [0.2, 0.25) is 0 Å². The molecular formula is C22H24N2O4S. The quantitative estimate of drug-likeness (QED) is 0.534. The molecule has 152 valence electrons. The molecule has 7 heteroatoms. The number of carbonyl (C=O) groups is 1. The number of benzene rings is 2. The molecule has 2 aromatic rings. The number of rotatable bonds is 7. The highest BCUT2D eigenvalue weighted by Crippen LogP contribution is 2.34. The van der Waals surface area contributed by atoms with Crippen LogP contribution in [0, 0.1) is 0 Å². The third-order valence-corrected chi connectivity index (χ3v) is 4.91. The molecule has 0 saturated carbocycles. The third kappa shape index (κ3) is 4.86. The number of carbonyl (C=O) groups excluding carboxylic acids is 1. The number of allylic oxidation sites excluding steroid dienone is 1. The van der Waals surface area contributed by atoms with E-state index in [9.17, 15) is 4.79 Å². The van der Waals surface area contributed by atoms with Crippen molar-refractivity contribution in [3.05, 3.63) is 70.9 Å². The Morgan fingerprint density at radius 3 is 2.55 bits per heavy atom. The lowest BCUT2D eigenvalue weighted by Gasteiger charge is -2.30. The Morgan fingerprint density at radius 2 is 1.86 bits per heavy atom. The van der Waals surface area contributed by atoms with Gasteiger partial charge in [-0.2, -0.15) is 0 Å². The summed E-state index contributed by atoms with van der Waals surface area (Å²) in [4.78, 5) is 12.3. The van der Waals surface area contributed by atoms with E-state index < -0.39 is 12.0 Å². The Balaban J connectivity index is 1.81. The minimum absolute atomic E-state index is 0.419. The van der Waals surface area contributed by atoms with Crippen molar-refractivity contribution in [1.82, 2.24) is 10.6 Å². The molecule has 1 heterocycles. The number of methoxy groups -OCH3 is 2. The predicted molar refractivity (Wildman–Crippen MR) is 115 cm³/mol. The molecule has 1 unspecified atom stereocenters. The summed E-state index contributed by atoms with van der Waals surface area (Å²) >= 11 is 5.26. The third-order valence-electron chi connectivity index (χ3n) is 4.69. The van der Waals surface area contributed by atoms with Gasteiger partial charge in [0.1, 0.15) is 0 Å². The topological polar surface area (TPSA) is 68.8 Å².